The van der Waals surface area contributed by atoms with Crippen molar-refractivity contribution in [1.82, 2.24) is 0 Å². The van der Waals surface area contributed by atoms with Gasteiger partial charge in [0.05, 0.1) is 16.4 Å². The molecule has 0 aliphatic rings. The van der Waals surface area contributed by atoms with Crippen LogP contribution in [-0.4, -0.2) is 15.6 Å². The topological polar surface area (TPSA) is 116 Å². The standard InChI is InChI=1S/C8H8N2O2.C7H4N2O2.ClH/c1-6(9)7-2-4-8(5-3-7)10(11)12;1-8-6-2-4-7(5-3-6)9(10)11;/h2-5,9H,1H3;2-5H;1H. The highest BCUT2D eigenvalue weighted by molar-refractivity contribution is 5.93. The highest BCUT2D eigenvalue weighted by atomic mass is 35.5. The van der Waals surface area contributed by atoms with Crippen LogP contribution in [0.1, 0.15) is 12.5 Å². The van der Waals surface area contributed by atoms with E-state index in [9.17, 15) is 20.2 Å². The van der Waals surface area contributed by atoms with Crippen LogP contribution in [0, 0.1) is 26.8 Å². The third-order valence-corrected chi connectivity index (χ3v) is 2.72. The molecule has 0 fully saturated rings. The van der Waals surface area contributed by atoms with E-state index in [4.69, 9.17) is 12.0 Å². The average Bonchev–Trinajstić information content (AvgIpc) is 2.55. The first-order valence-corrected chi connectivity index (χ1v) is 6.31. The summed E-state index contributed by atoms with van der Waals surface area (Å²) in [5.74, 6) is 0. The van der Waals surface area contributed by atoms with E-state index in [0.717, 1.165) is 5.56 Å². The number of benzene rings is 2. The van der Waals surface area contributed by atoms with Crippen molar-refractivity contribution in [2.75, 3.05) is 0 Å². The van der Waals surface area contributed by atoms with Gasteiger partial charge in [-0.15, -0.1) is 0 Å². The Bertz CT molecular complexity index is 735. The minimum Gasteiger partial charge on any atom is -1.00 e. The second-order valence-electron chi connectivity index (χ2n) is 4.37. The summed E-state index contributed by atoms with van der Waals surface area (Å²) < 4.78 is 0. The number of nitrogens with zero attached hydrogens (tertiary/aromatic N) is 3. The van der Waals surface area contributed by atoms with Gasteiger partial charge in [0.25, 0.3) is 11.4 Å². The Morgan fingerprint density at radius 3 is 1.62 bits per heavy atom. The summed E-state index contributed by atoms with van der Waals surface area (Å²) in [6, 6.07) is 11.6. The molecule has 0 saturated carbocycles. The monoisotopic (exact) mass is 348 g/mol. The van der Waals surface area contributed by atoms with Crippen LogP contribution >= 0.6 is 0 Å². The van der Waals surface area contributed by atoms with Crippen molar-refractivity contribution in [2.24, 2.45) is 0 Å². The van der Waals surface area contributed by atoms with Crippen molar-refractivity contribution in [1.29, 1.82) is 0 Å². The predicted molar refractivity (Wildman–Crippen MR) is 84.2 cm³/mol. The normalized spacial score (nSPS) is 8.67. The Morgan fingerprint density at radius 1 is 0.958 bits per heavy atom. The minimum atomic E-state index is -0.492. The molecule has 8 nitrogen and oxygen atoms in total. The SMILES string of the molecule is CC(=[NH2+])c1ccc([N+](=O)[O-])cc1.[C-]#[N+]c1ccc([N+](=O)[O-])cc1.[Cl-]. The van der Waals surface area contributed by atoms with Crippen molar-refractivity contribution < 1.29 is 27.7 Å². The molecule has 24 heavy (non-hydrogen) atoms. The lowest BCUT2D eigenvalue weighted by molar-refractivity contribution is -0.385. The number of hydrogen-bond donors (Lipinski definition) is 1. The second kappa shape index (κ2) is 9.66. The number of rotatable bonds is 3. The second-order valence-corrected chi connectivity index (χ2v) is 4.37. The molecule has 0 heterocycles. The van der Waals surface area contributed by atoms with Crippen molar-refractivity contribution in [3.05, 3.63) is 85.7 Å². The van der Waals surface area contributed by atoms with Gasteiger partial charge in [-0.2, -0.15) is 0 Å². The third-order valence-electron chi connectivity index (χ3n) is 2.72. The fourth-order valence-corrected chi connectivity index (χ4v) is 1.49. The molecular weight excluding hydrogens is 336 g/mol. The quantitative estimate of drug-likeness (QED) is 0.342. The molecular formula is C15H13ClN4O4. The number of halogens is 1. The van der Waals surface area contributed by atoms with Gasteiger partial charge < -0.3 is 12.4 Å². The van der Waals surface area contributed by atoms with Gasteiger partial charge in [-0.1, -0.05) is 0 Å². The summed E-state index contributed by atoms with van der Waals surface area (Å²) in [4.78, 5) is 22.5. The molecule has 2 aromatic carbocycles. The third kappa shape index (κ3) is 6.21. The lowest BCUT2D eigenvalue weighted by atomic mass is 10.1. The number of nitrogens with two attached hydrogens (primary N) is 1. The van der Waals surface area contributed by atoms with E-state index >= 15 is 0 Å². The molecule has 2 rings (SSSR count). The van der Waals surface area contributed by atoms with Gasteiger partial charge in [-0.05, 0) is 24.3 Å². The van der Waals surface area contributed by atoms with Crippen LogP contribution in [0.2, 0.25) is 0 Å². The maximum Gasteiger partial charge on any atom is 0.269 e. The average molecular weight is 349 g/mol. The Hall–Kier alpha value is -3.31. The van der Waals surface area contributed by atoms with Crippen LogP contribution in [0.3, 0.4) is 0 Å². The molecule has 2 N–H and O–H groups in total. The molecule has 0 amide bonds. The van der Waals surface area contributed by atoms with Crippen molar-refractivity contribution in [2.45, 2.75) is 6.92 Å². The molecule has 0 unspecified atom stereocenters. The maximum atomic E-state index is 10.2. The fraction of sp³-hybridized carbons (Fsp3) is 0.0667. The molecule has 2 aromatic rings. The highest BCUT2D eigenvalue weighted by Gasteiger charge is 2.05. The predicted octanol–water partition coefficient (Wildman–Crippen LogP) is -0.688. The largest absolute Gasteiger partial charge is 1.00 e. The van der Waals surface area contributed by atoms with Gasteiger partial charge in [0, 0.05) is 36.8 Å². The lowest BCUT2D eigenvalue weighted by Crippen LogP contribution is -3.00. The first-order valence-electron chi connectivity index (χ1n) is 6.31. The number of non-ortho nitro benzene ring substituents is 2. The van der Waals surface area contributed by atoms with Crippen LogP contribution in [0.4, 0.5) is 17.1 Å². The van der Waals surface area contributed by atoms with E-state index in [0.29, 0.717) is 11.4 Å². The van der Waals surface area contributed by atoms with Crippen LogP contribution in [0.25, 0.3) is 4.85 Å². The minimum absolute atomic E-state index is 0. The summed E-state index contributed by atoms with van der Waals surface area (Å²) in [7, 11) is 0. The number of nitro benzene ring substituents is 2. The number of hydrogen-bond acceptors (Lipinski definition) is 4. The van der Waals surface area contributed by atoms with Crippen LogP contribution in [0.15, 0.2) is 48.5 Å². The Kier molecular flexibility index (Phi) is 8.32. The van der Waals surface area contributed by atoms with Gasteiger partial charge >= 0.3 is 0 Å². The number of nitro groups is 2. The zero-order valence-electron chi connectivity index (χ0n) is 12.5. The van der Waals surface area contributed by atoms with Crippen molar-refractivity contribution in [3.8, 4) is 0 Å². The van der Waals surface area contributed by atoms with Gasteiger partial charge in [-0.3, -0.25) is 25.6 Å². The van der Waals surface area contributed by atoms with Crippen LogP contribution in [0.5, 0.6) is 0 Å². The molecule has 9 heteroatoms. The van der Waals surface area contributed by atoms with Gasteiger partial charge in [-0.25, -0.2) is 4.85 Å². The molecule has 0 aromatic heterocycles. The Labute approximate surface area is 143 Å². The molecule has 0 spiro atoms. The first-order chi connectivity index (χ1) is 10.8. The molecule has 0 saturated heterocycles. The summed E-state index contributed by atoms with van der Waals surface area (Å²) in [6.45, 7) is 8.33. The molecule has 124 valence electrons. The fourth-order valence-electron chi connectivity index (χ4n) is 1.49. The highest BCUT2D eigenvalue weighted by Crippen LogP contribution is 2.17. The summed E-state index contributed by atoms with van der Waals surface area (Å²) in [5.41, 5.74) is 1.98. The first kappa shape index (κ1) is 20.7. The van der Waals surface area contributed by atoms with Crippen LogP contribution in [-0.2, 0) is 0 Å². The van der Waals surface area contributed by atoms with Gasteiger partial charge in [0.1, 0.15) is 0 Å². The lowest BCUT2D eigenvalue weighted by Gasteiger charge is -1.92. The van der Waals surface area contributed by atoms with E-state index in [1.807, 2.05) is 0 Å². The Balaban J connectivity index is 0.000000425. The van der Waals surface area contributed by atoms with Crippen molar-refractivity contribution >= 4 is 22.8 Å². The smallest absolute Gasteiger partial charge is 0.269 e. The van der Waals surface area contributed by atoms with E-state index in [1.54, 1.807) is 19.1 Å². The zero-order chi connectivity index (χ0) is 17.4. The molecule has 0 atom stereocenters. The molecule has 0 bridgehead atoms. The summed E-state index contributed by atoms with van der Waals surface area (Å²) >= 11 is 0. The molecule has 0 aliphatic heterocycles. The van der Waals surface area contributed by atoms with Gasteiger partial charge in [0.2, 0.25) is 0 Å². The van der Waals surface area contributed by atoms with Crippen LogP contribution < -0.4 is 17.8 Å². The van der Waals surface area contributed by atoms with Crippen molar-refractivity contribution in [3.63, 3.8) is 0 Å². The summed E-state index contributed by atoms with van der Waals surface area (Å²) in [6.07, 6.45) is 0. The van der Waals surface area contributed by atoms with E-state index in [1.165, 1.54) is 36.4 Å². The maximum absolute atomic E-state index is 10.2. The van der Waals surface area contributed by atoms with E-state index < -0.39 is 9.85 Å². The van der Waals surface area contributed by atoms with E-state index in [-0.39, 0.29) is 23.8 Å². The van der Waals surface area contributed by atoms with E-state index in [2.05, 4.69) is 4.85 Å². The van der Waals surface area contributed by atoms with Gasteiger partial charge in [0.15, 0.2) is 11.4 Å². The zero-order valence-corrected chi connectivity index (χ0v) is 13.3. The Morgan fingerprint density at radius 2 is 1.33 bits per heavy atom. The summed E-state index contributed by atoms with van der Waals surface area (Å²) in [5, 5.41) is 25.9. The molecule has 0 radical (unpaired) electrons. The molecule has 0 aliphatic carbocycles.